The molecule has 0 atom stereocenters. The molecule has 0 N–H and O–H groups in total. The third-order valence-corrected chi connectivity index (χ3v) is 3.24. The van der Waals surface area contributed by atoms with Crippen LogP contribution in [0.15, 0.2) is 0 Å². The van der Waals surface area contributed by atoms with Gasteiger partial charge in [-0.05, 0) is 25.7 Å². The number of Topliss-reactive ketones (excluding diaryl/α,β-unsaturated/α-hetero) is 1. The lowest BCUT2D eigenvalue weighted by Crippen LogP contribution is -2.00. The van der Waals surface area contributed by atoms with Gasteiger partial charge in [0.15, 0.2) is 0 Å². The highest BCUT2D eigenvalue weighted by Gasteiger charge is 2.02. The first-order valence-electron chi connectivity index (χ1n) is 6.99. The number of ketones is 1. The maximum atomic E-state index is 11.5. The van der Waals surface area contributed by atoms with Gasteiger partial charge >= 0.3 is 0 Å². The van der Waals surface area contributed by atoms with Crippen molar-refractivity contribution in [3.63, 3.8) is 0 Å². The first-order chi connectivity index (χ1) is 7.89. The lowest BCUT2D eigenvalue weighted by atomic mass is 10.0. The van der Waals surface area contributed by atoms with Crippen LogP contribution in [0.4, 0.5) is 0 Å². The first kappa shape index (κ1) is 13.7. The number of hydrogen-bond acceptors (Lipinski definition) is 2. The van der Waals surface area contributed by atoms with Crippen LogP contribution in [0.5, 0.6) is 0 Å². The summed E-state index contributed by atoms with van der Waals surface area (Å²) in [7, 11) is 0. The Morgan fingerprint density at radius 2 is 1.06 bits per heavy atom. The molecule has 2 nitrogen and oxygen atoms in total. The minimum Gasteiger partial charge on any atom is -0.381 e. The average molecular weight is 226 g/mol. The van der Waals surface area contributed by atoms with E-state index in [0.29, 0.717) is 5.78 Å². The van der Waals surface area contributed by atoms with Gasteiger partial charge in [-0.25, -0.2) is 0 Å². The Balaban J connectivity index is 2.13. The molecule has 0 aromatic carbocycles. The molecule has 2 heteroatoms. The van der Waals surface area contributed by atoms with Crippen molar-refractivity contribution in [1.29, 1.82) is 0 Å². The van der Waals surface area contributed by atoms with Gasteiger partial charge in [0.2, 0.25) is 0 Å². The predicted octanol–water partition coefficient (Wildman–Crippen LogP) is 3.88. The maximum Gasteiger partial charge on any atom is 0.132 e. The smallest absolute Gasteiger partial charge is 0.132 e. The lowest BCUT2D eigenvalue weighted by molar-refractivity contribution is -0.119. The molecule has 1 aliphatic rings. The molecule has 0 amide bonds. The van der Waals surface area contributed by atoms with Crippen molar-refractivity contribution in [1.82, 2.24) is 0 Å². The third-order valence-electron chi connectivity index (χ3n) is 3.24. The summed E-state index contributed by atoms with van der Waals surface area (Å²) >= 11 is 0. The van der Waals surface area contributed by atoms with Crippen LogP contribution in [-0.2, 0) is 9.53 Å². The van der Waals surface area contributed by atoms with Crippen LogP contribution in [0.3, 0.4) is 0 Å². The van der Waals surface area contributed by atoms with E-state index in [1.54, 1.807) is 0 Å². The zero-order valence-corrected chi connectivity index (χ0v) is 10.5. The molecule has 0 aromatic rings. The zero-order valence-electron chi connectivity index (χ0n) is 10.5. The summed E-state index contributed by atoms with van der Waals surface area (Å²) in [4.78, 5) is 11.5. The predicted molar refractivity (Wildman–Crippen MR) is 66.6 cm³/mol. The van der Waals surface area contributed by atoms with Gasteiger partial charge in [0.05, 0.1) is 0 Å². The van der Waals surface area contributed by atoms with Crippen LogP contribution in [0.2, 0.25) is 0 Å². The Hall–Kier alpha value is -0.370. The highest BCUT2D eigenvalue weighted by atomic mass is 16.5. The van der Waals surface area contributed by atoms with Crippen molar-refractivity contribution in [2.45, 2.75) is 70.6 Å². The van der Waals surface area contributed by atoms with E-state index < -0.39 is 0 Å². The summed E-state index contributed by atoms with van der Waals surface area (Å²) in [5, 5.41) is 0. The van der Waals surface area contributed by atoms with E-state index in [4.69, 9.17) is 4.74 Å². The largest absolute Gasteiger partial charge is 0.381 e. The van der Waals surface area contributed by atoms with Gasteiger partial charge in [-0.3, -0.25) is 4.79 Å². The normalized spacial score (nSPS) is 23.4. The molecule has 0 aliphatic carbocycles. The highest BCUT2D eigenvalue weighted by Crippen LogP contribution is 2.11. The zero-order chi connectivity index (χ0) is 11.5. The van der Waals surface area contributed by atoms with Crippen LogP contribution in [0, 0.1) is 0 Å². The average Bonchev–Trinajstić information content (AvgIpc) is 2.29. The molecule has 1 heterocycles. The van der Waals surface area contributed by atoms with Gasteiger partial charge in [-0.15, -0.1) is 0 Å². The Labute approximate surface area is 99.8 Å². The Bertz CT molecular complexity index is 160. The van der Waals surface area contributed by atoms with Crippen LogP contribution < -0.4 is 0 Å². The molecule has 0 bridgehead atoms. The number of carbonyl (C=O) groups is 1. The summed E-state index contributed by atoms with van der Waals surface area (Å²) < 4.78 is 5.53. The van der Waals surface area contributed by atoms with Gasteiger partial charge in [0.25, 0.3) is 0 Å². The third kappa shape index (κ3) is 7.86. The van der Waals surface area contributed by atoms with E-state index >= 15 is 0 Å². The van der Waals surface area contributed by atoms with E-state index in [1.165, 1.54) is 38.5 Å². The first-order valence-corrected chi connectivity index (χ1v) is 6.99. The second-order valence-corrected chi connectivity index (χ2v) is 4.83. The van der Waals surface area contributed by atoms with Gasteiger partial charge in [-0.1, -0.05) is 32.1 Å². The van der Waals surface area contributed by atoms with Crippen LogP contribution in [0.25, 0.3) is 0 Å². The van der Waals surface area contributed by atoms with Gasteiger partial charge in [0, 0.05) is 26.1 Å². The molecular weight excluding hydrogens is 200 g/mol. The van der Waals surface area contributed by atoms with E-state index in [9.17, 15) is 4.79 Å². The molecule has 0 radical (unpaired) electrons. The minimum atomic E-state index is 0.454. The van der Waals surface area contributed by atoms with Gasteiger partial charge < -0.3 is 4.74 Å². The molecule has 0 saturated carbocycles. The van der Waals surface area contributed by atoms with Crippen molar-refractivity contribution in [3.8, 4) is 0 Å². The number of carbonyl (C=O) groups excluding carboxylic acids is 1. The second kappa shape index (κ2) is 9.83. The summed E-state index contributed by atoms with van der Waals surface area (Å²) in [6, 6.07) is 0. The van der Waals surface area contributed by atoms with Crippen molar-refractivity contribution in [2.75, 3.05) is 13.2 Å². The molecule has 0 unspecified atom stereocenters. The fraction of sp³-hybridized carbons (Fsp3) is 0.929. The Morgan fingerprint density at radius 1 is 0.625 bits per heavy atom. The number of hydrogen-bond donors (Lipinski definition) is 0. The van der Waals surface area contributed by atoms with Crippen LogP contribution in [-0.4, -0.2) is 19.0 Å². The van der Waals surface area contributed by atoms with Crippen molar-refractivity contribution < 1.29 is 9.53 Å². The lowest BCUT2D eigenvalue weighted by Gasteiger charge is -2.03. The topological polar surface area (TPSA) is 26.3 Å². The molecule has 0 aromatic heterocycles. The molecular formula is C14H26O2. The van der Waals surface area contributed by atoms with Crippen molar-refractivity contribution in [3.05, 3.63) is 0 Å². The summed E-state index contributed by atoms with van der Waals surface area (Å²) in [5.74, 6) is 0.454. The Kier molecular flexibility index (Phi) is 8.41. The second-order valence-electron chi connectivity index (χ2n) is 4.83. The molecule has 1 rings (SSSR count). The van der Waals surface area contributed by atoms with E-state index in [2.05, 4.69) is 0 Å². The van der Waals surface area contributed by atoms with E-state index in [1.807, 2.05) is 0 Å². The molecule has 16 heavy (non-hydrogen) atoms. The van der Waals surface area contributed by atoms with Crippen molar-refractivity contribution >= 4 is 5.78 Å². The molecule has 1 fully saturated rings. The highest BCUT2D eigenvalue weighted by molar-refractivity contribution is 5.78. The fourth-order valence-electron chi connectivity index (χ4n) is 2.16. The monoisotopic (exact) mass is 226 g/mol. The summed E-state index contributed by atoms with van der Waals surface area (Å²) in [6.45, 7) is 1.75. The van der Waals surface area contributed by atoms with Gasteiger partial charge in [0.1, 0.15) is 5.78 Å². The fourth-order valence-corrected chi connectivity index (χ4v) is 2.16. The number of ether oxygens (including phenoxy) is 1. The maximum absolute atomic E-state index is 11.5. The van der Waals surface area contributed by atoms with Gasteiger partial charge in [-0.2, -0.15) is 0 Å². The van der Waals surface area contributed by atoms with Crippen LogP contribution in [0.1, 0.15) is 70.6 Å². The Morgan fingerprint density at radius 3 is 1.75 bits per heavy atom. The summed E-state index contributed by atoms with van der Waals surface area (Å²) in [6.07, 6.45) is 12.4. The van der Waals surface area contributed by atoms with E-state index in [0.717, 1.165) is 45.3 Å². The number of rotatable bonds is 0. The summed E-state index contributed by atoms with van der Waals surface area (Å²) in [5.41, 5.74) is 0. The molecule has 0 spiro atoms. The van der Waals surface area contributed by atoms with Crippen molar-refractivity contribution in [2.24, 2.45) is 0 Å². The SMILES string of the molecule is O=C1CCCCCCCCCOCCCC1. The molecule has 1 saturated heterocycles. The standard InChI is InChI=1S/C14H26O2/c15-14-10-6-4-2-1-3-5-8-12-16-13-9-7-11-14/h1-13H2. The quantitative estimate of drug-likeness (QED) is 0.626. The van der Waals surface area contributed by atoms with Crippen LogP contribution >= 0.6 is 0 Å². The van der Waals surface area contributed by atoms with E-state index in [-0.39, 0.29) is 0 Å². The minimum absolute atomic E-state index is 0.454. The molecule has 1 aliphatic heterocycles. The molecule has 94 valence electrons.